The van der Waals surface area contributed by atoms with Crippen LogP contribution in [-0.4, -0.2) is 16.0 Å². The molecule has 0 radical (unpaired) electrons. The minimum absolute atomic E-state index is 0.0684. The van der Waals surface area contributed by atoms with Crippen molar-refractivity contribution >= 4 is 45.5 Å². The standard InChI is InChI=1S/C19H14BrClF3N3OS/c1-27-18(29-15-8-4-13(20)5-9-15)16(17(26-27)19(22,23)24)11-28-25-10-12-2-6-14(21)7-3-12/h2-10H,11H2,1H3. The monoisotopic (exact) mass is 503 g/mol. The first-order valence-corrected chi connectivity index (χ1v) is 10.2. The van der Waals surface area contributed by atoms with E-state index in [9.17, 15) is 13.2 Å². The highest BCUT2D eigenvalue weighted by atomic mass is 79.9. The maximum atomic E-state index is 13.4. The maximum Gasteiger partial charge on any atom is 0.435 e. The summed E-state index contributed by atoms with van der Waals surface area (Å²) in [6.07, 6.45) is -3.20. The van der Waals surface area contributed by atoms with E-state index in [4.69, 9.17) is 16.4 Å². The lowest BCUT2D eigenvalue weighted by atomic mass is 10.2. The Morgan fingerprint density at radius 2 is 1.83 bits per heavy atom. The zero-order valence-electron chi connectivity index (χ0n) is 15.0. The van der Waals surface area contributed by atoms with Gasteiger partial charge in [-0.05, 0) is 42.0 Å². The van der Waals surface area contributed by atoms with Gasteiger partial charge in [0.2, 0.25) is 0 Å². The highest BCUT2D eigenvalue weighted by molar-refractivity contribution is 9.10. The van der Waals surface area contributed by atoms with Crippen LogP contribution in [0.4, 0.5) is 13.2 Å². The first kappa shape index (κ1) is 21.7. The fraction of sp³-hybridized carbons (Fsp3) is 0.158. The molecule has 10 heteroatoms. The van der Waals surface area contributed by atoms with Gasteiger partial charge >= 0.3 is 6.18 Å². The van der Waals surface area contributed by atoms with Crippen LogP contribution in [0.15, 0.2) is 68.1 Å². The van der Waals surface area contributed by atoms with Crippen molar-refractivity contribution in [3.63, 3.8) is 0 Å². The number of benzene rings is 2. The molecule has 0 fully saturated rings. The Morgan fingerprint density at radius 1 is 1.17 bits per heavy atom. The molecule has 0 bridgehead atoms. The quantitative estimate of drug-likeness (QED) is 0.282. The van der Waals surface area contributed by atoms with Crippen molar-refractivity contribution in [1.29, 1.82) is 0 Å². The fourth-order valence-corrected chi connectivity index (χ4v) is 3.74. The van der Waals surface area contributed by atoms with Crippen LogP contribution in [0, 0.1) is 0 Å². The Morgan fingerprint density at radius 3 is 2.45 bits per heavy atom. The SMILES string of the molecule is Cn1nc(C(F)(F)F)c(CON=Cc2ccc(Cl)cc2)c1Sc1ccc(Br)cc1. The van der Waals surface area contributed by atoms with E-state index in [0.29, 0.717) is 15.6 Å². The molecule has 1 heterocycles. The number of rotatable bonds is 6. The molecule has 3 aromatic rings. The first-order valence-electron chi connectivity index (χ1n) is 8.21. The second-order valence-electron chi connectivity index (χ2n) is 5.87. The molecule has 0 amide bonds. The van der Waals surface area contributed by atoms with Crippen molar-refractivity contribution in [3.05, 3.63) is 74.8 Å². The van der Waals surface area contributed by atoms with Gasteiger partial charge in [0, 0.05) is 21.4 Å². The van der Waals surface area contributed by atoms with E-state index >= 15 is 0 Å². The van der Waals surface area contributed by atoms with E-state index in [1.54, 1.807) is 36.4 Å². The summed E-state index contributed by atoms with van der Waals surface area (Å²) in [6.45, 7) is -0.369. The summed E-state index contributed by atoms with van der Waals surface area (Å²) >= 11 is 10.3. The van der Waals surface area contributed by atoms with Gasteiger partial charge in [0.25, 0.3) is 0 Å². The molecule has 0 aliphatic carbocycles. The molecular formula is C19H14BrClF3N3OS. The molecule has 0 aliphatic heterocycles. The van der Waals surface area contributed by atoms with E-state index in [0.717, 1.165) is 9.37 Å². The number of nitrogens with zero attached hydrogens (tertiary/aromatic N) is 3. The Kier molecular flexibility index (Phi) is 6.92. The van der Waals surface area contributed by atoms with E-state index < -0.39 is 11.9 Å². The van der Waals surface area contributed by atoms with Crippen molar-refractivity contribution in [3.8, 4) is 0 Å². The van der Waals surface area contributed by atoms with Crippen LogP contribution in [0.2, 0.25) is 5.02 Å². The predicted molar refractivity (Wildman–Crippen MR) is 110 cm³/mol. The van der Waals surface area contributed by atoms with E-state index in [1.807, 2.05) is 12.1 Å². The average Bonchev–Trinajstić information content (AvgIpc) is 2.98. The normalized spacial score (nSPS) is 11.9. The molecule has 0 aliphatic rings. The summed E-state index contributed by atoms with van der Waals surface area (Å²) in [7, 11) is 1.47. The Balaban J connectivity index is 1.82. The largest absolute Gasteiger partial charge is 0.435 e. The number of halogens is 5. The zero-order valence-corrected chi connectivity index (χ0v) is 18.1. The van der Waals surface area contributed by atoms with Crippen molar-refractivity contribution in [2.45, 2.75) is 22.7 Å². The summed E-state index contributed by atoms with van der Waals surface area (Å²) < 4.78 is 42.4. The molecule has 0 atom stereocenters. The van der Waals surface area contributed by atoms with Gasteiger partial charge in [-0.2, -0.15) is 18.3 Å². The lowest BCUT2D eigenvalue weighted by Crippen LogP contribution is -2.10. The third kappa shape index (κ3) is 5.77. The van der Waals surface area contributed by atoms with Crippen LogP contribution in [-0.2, 0) is 24.7 Å². The first-order chi connectivity index (χ1) is 13.7. The van der Waals surface area contributed by atoms with Crippen LogP contribution in [0.25, 0.3) is 0 Å². The zero-order chi connectivity index (χ0) is 21.0. The van der Waals surface area contributed by atoms with Crippen molar-refractivity contribution < 1.29 is 18.0 Å². The Hall–Kier alpha value is -1.97. The minimum Gasteiger partial charge on any atom is -0.391 e. The van der Waals surface area contributed by atoms with Crippen molar-refractivity contribution in [1.82, 2.24) is 9.78 Å². The van der Waals surface area contributed by atoms with Crippen LogP contribution in [0.3, 0.4) is 0 Å². The van der Waals surface area contributed by atoms with Crippen molar-refractivity contribution in [2.24, 2.45) is 12.2 Å². The Labute approximate surface area is 182 Å². The molecule has 29 heavy (non-hydrogen) atoms. The predicted octanol–water partition coefficient (Wildman–Crippen LogP) is 6.56. The summed E-state index contributed by atoms with van der Waals surface area (Å²) in [6, 6.07) is 14.0. The molecule has 0 unspecified atom stereocenters. The summed E-state index contributed by atoms with van der Waals surface area (Å²) in [5, 5.41) is 8.33. The third-order valence-electron chi connectivity index (χ3n) is 3.74. The van der Waals surface area contributed by atoms with Gasteiger partial charge in [0.05, 0.1) is 11.8 Å². The number of hydrogen-bond donors (Lipinski definition) is 0. The summed E-state index contributed by atoms with van der Waals surface area (Å²) in [5.41, 5.74) is -0.344. The fourth-order valence-electron chi connectivity index (χ4n) is 2.40. The Bertz CT molecular complexity index is 1010. The number of alkyl halides is 3. The summed E-state index contributed by atoms with van der Waals surface area (Å²) in [5.74, 6) is 0. The summed E-state index contributed by atoms with van der Waals surface area (Å²) in [4.78, 5) is 5.94. The average molecular weight is 505 g/mol. The molecule has 2 aromatic carbocycles. The van der Waals surface area contributed by atoms with E-state index in [1.165, 1.54) is 29.7 Å². The number of aromatic nitrogens is 2. The molecule has 152 valence electrons. The maximum absolute atomic E-state index is 13.4. The van der Waals surface area contributed by atoms with Crippen LogP contribution in [0.5, 0.6) is 0 Å². The van der Waals surface area contributed by atoms with Crippen LogP contribution < -0.4 is 0 Å². The molecular weight excluding hydrogens is 491 g/mol. The van der Waals surface area contributed by atoms with Gasteiger partial charge in [0.15, 0.2) is 5.69 Å². The molecule has 0 saturated heterocycles. The molecule has 0 spiro atoms. The molecule has 4 nitrogen and oxygen atoms in total. The van der Waals surface area contributed by atoms with E-state index in [-0.39, 0.29) is 12.2 Å². The second kappa shape index (κ2) is 9.23. The lowest BCUT2D eigenvalue weighted by molar-refractivity contribution is -0.142. The molecule has 0 saturated carbocycles. The number of aryl methyl sites for hydroxylation is 1. The van der Waals surface area contributed by atoms with Crippen molar-refractivity contribution in [2.75, 3.05) is 0 Å². The smallest absolute Gasteiger partial charge is 0.391 e. The van der Waals surface area contributed by atoms with Crippen LogP contribution in [0.1, 0.15) is 16.8 Å². The highest BCUT2D eigenvalue weighted by Gasteiger charge is 2.39. The topological polar surface area (TPSA) is 39.4 Å². The van der Waals surface area contributed by atoms with Crippen LogP contribution >= 0.6 is 39.3 Å². The van der Waals surface area contributed by atoms with Gasteiger partial charge in [-0.15, -0.1) is 0 Å². The highest BCUT2D eigenvalue weighted by Crippen LogP contribution is 2.39. The van der Waals surface area contributed by atoms with Gasteiger partial charge in [-0.3, -0.25) is 4.68 Å². The second-order valence-corrected chi connectivity index (χ2v) is 8.28. The minimum atomic E-state index is -4.60. The van der Waals surface area contributed by atoms with E-state index in [2.05, 4.69) is 26.2 Å². The van der Waals surface area contributed by atoms with Gasteiger partial charge in [-0.1, -0.05) is 56.6 Å². The molecule has 1 aromatic heterocycles. The molecule has 0 N–H and O–H groups in total. The van der Waals surface area contributed by atoms with Gasteiger partial charge in [-0.25, -0.2) is 0 Å². The van der Waals surface area contributed by atoms with Gasteiger partial charge < -0.3 is 4.84 Å². The third-order valence-corrected chi connectivity index (χ3v) is 5.73. The number of hydrogen-bond acceptors (Lipinski definition) is 4. The van der Waals surface area contributed by atoms with Gasteiger partial charge in [0.1, 0.15) is 11.6 Å². The lowest BCUT2D eigenvalue weighted by Gasteiger charge is -2.08. The molecule has 3 rings (SSSR count). The number of oxime groups is 1.